The number of carbonyl (C=O) groups is 1. The Morgan fingerprint density at radius 3 is 3.14 bits per heavy atom. The first-order chi connectivity index (χ1) is 6.70. The summed E-state index contributed by atoms with van der Waals surface area (Å²) in [6.45, 7) is 2.14. The van der Waals surface area contributed by atoms with Crippen LogP contribution in [0.1, 0.15) is 17.4 Å². The van der Waals surface area contributed by atoms with Gasteiger partial charge in [-0.05, 0) is 24.6 Å². The number of thiophene rings is 1. The summed E-state index contributed by atoms with van der Waals surface area (Å²) in [5.74, 6) is -0.295. The maximum absolute atomic E-state index is 12.8. The highest BCUT2D eigenvalue weighted by Crippen LogP contribution is 2.32. The van der Waals surface area contributed by atoms with Crippen molar-refractivity contribution in [3.05, 3.63) is 27.2 Å². The number of ether oxygens (including phenoxy) is 1. The molecule has 0 unspecified atom stereocenters. The minimum absolute atomic E-state index is 0.200. The van der Waals surface area contributed by atoms with E-state index in [0.29, 0.717) is 18.6 Å². The van der Waals surface area contributed by atoms with Gasteiger partial charge in [-0.3, -0.25) is 0 Å². The molecule has 0 amide bonds. The zero-order valence-electron chi connectivity index (χ0n) is 7.67. The normalized spacial score (nSPS) is 13.7. The number of rotatable bonds is 2. The molecule has 0 atom stereocenters. The molecule has 0 bridgehead atoms. The first kappa shape index (κ1) is 9.40. The summed E-state index contributed by atoms with van der Waals surface area (Å²) in [6, 6.07) is 1.47. The predicted molar refractivity (Wildman–Crippen MR) is 52.6 cm³/mol. The fourth-order valence-corrected chi connectivity index (χ4v) is 2.31. The monoisotopic (exact) mass is 212 g/mol. The summed E-state index contributed by atoms with van der Waals surface area (Å²) >= 11 is 1.07. The van der Waals surface area contributed by atoms with Crippen LogP contribution in [0.2, 0.25) is 0 Å². The van der Waals surface area contributed by atoms with E-state index < -0.39 is 0 Å². The average Bonchev–Trinajstić information content (AvgIpc) is 2.61. The van der Waals surface area contributed by atoms with Gasteiger partial charge >= 0.3 is 5.97 Å². The van der Waals surface area contributed by atoms with Crippen molar-refractivity contribution in [2.75, 3.05) is 6.61 Å². The van der Waals surface area contributed by atoms with Crippen molar-refractivity contribution in [3.8, 4) is 0 Å². The Morgan fingerprint density at radius 2 is 2.50 bits per heavy atom. The van der Waals surface area contributed by atoms with Gasteiger partial charge in [0, 0.05) is 16.9 Å². The summed E-state index contributed by atoms with van der Waals surface area (Å²) < 4.78 is 17.6. The van der Waals surface area contributed by atoms with Gasteiger partial charge in [0.25, 0.3) is 0 Å². The van der Waals surface area contributed by atoms with Crippen molar-refractivity contribution in [1.82, 2.24) is 0 Å². The Kier molecular flexibility index (Phi) is 2.37. The molecule has 0 N–H and O–H groups in total. The Morgan fingerprint density at radius 1 is 1.71 bits per heavy atom. The number of carbonyl (C=O) groups excluding carboxylic acids is 1. The van der Waals surface area contributed by atoms with Gasteiger partial charge in [-0.25, -0.2) is 4.79 Å². The first-order valence-corrected chi connectivity index (χ1v) is 5.18. The third kappa shape index (κ3) is 1.57. The molecule has 0 spiro atoms. The van der Waals surface area contributed by atoms with Crippen LogP contribution in [0, 0.1) is 5.13 Å². The predicted octanol–water partition coefficient (Wildman–Crippen LogP) is 2.39. The molecule has 74 valence electrons. The minimum Gasteiger partial charge on any atom is -0.463 e. The third-order valence-corrected chi connectivity index (χ3v) is 2.95. The van der Waals surface area contributed by atoms with Crippen LogP contribution in [0.5, 0.6) is 0 Å². The lowest BCUT2D eigenvalue weighted by atomic mass is 10.2. The van der Waals surface area contributed by atoms with Crippen LogP contribution in [0.25, 0.3) is 6.08 Å². The number of hydrogen-bond donors (Lipinski definition) is 0. The Bertz CT molecular complexity index is 406. The summed E-state index contributed by atoms with van der Waals surface area (Å²) in [4.78, 5) is 12.2. The van der Waals surface area contributed by atoms with E-state index in [4.69, 9.17) is 4.74 Å². The van der Waals surface area contributed by atoms with Crippen LogP contribution < -0.4 is 0 Å². The summed E-state index contributed by atoms with van der Waals surface area (Å²) in [5.41, 5.74) is 1.50. The van der Waals surface area contributed by atoms with E-state index in [-0.39, 0.29) is 11.1 Å². The lowest BCUT2D eigenvalue weighted by Crippen LogP contribution is -2.07. The molecule has 14 heavy (non-hydrogen) atoms. The third-order valence-electron chi connectivity index (χ3n) is 2.04. The van der Waals surface area contributed by atoms with Gasteiger partial charge in [-0.1, -0.05) is 0 Å². The Balaban J connectivity index is 2.18. The second kappa shape index (κ2) is 3.53. The van der Waals surface area contributed by atoms with Gasteiger partial charge in [-0.15, -0.1) is 11.3 Å². The number of fused-ring (bicyclic) bond motifs is 1. The quantitative estimate of drug-likeness (QED) is 0.703. The van der Waals surface area contributed by atoms with E-state index in [1.807, 2.05) is 0 Å². The SMILES string of the molecule is CCOC(=O)C1=Cc2sc(F)cc2C1. The minimum atomic E-state index is -0.295. The molecule has 0 saturated carbocycles. The molecule has 2 nitrogen and oxygen atoms in total. The van der Waals surface area contributed by atoms with Crippen molar-refractivity contribution in [2.24, 2.45) is 0 Å². The zero-order chi connectivity index (χ0) is 10.1. The standard InChI is InChI=1S/C10H9FO2S/c1-2-13-10(12)7-3-6-5-9(11)14-8(6)4-7/h4-5H,2-3H2,1H3. The number of hydrogen-bond acceptors (Lipinski definition) is 3. The second-order valence-corrected chi connectivity index (χ2v) is 4.04. The van der Waals surface area contributed by atoms with E-state index in [9.17, 15) is 9.18 Å². The van der Waals surface area contributed by atoms with Crippen molar-refractivity contribution < 1.29 is 13.9 Å². The molecule has 1 aromatic rings. The van der Waals surface area contributed by atoms with Crippen molar-refractivity contribution in [1.29, 1.82) is 0 Å². The number of esters is 1. The van der Waals surface area contributed by atoms with Gasteiger partial charge in [0.2, 0.25) is 0 Å². The van der Waals surface area contributed by atoms with Gasteiger partial charge in [0.15, 0.2) is 5.13 Å². The molecule has 1 aliphatic rings. The maximum atomic E-state index is 12.8. The van der Waals surface area contributed by atoms with Crippen LogP contribution in [-0.4, -0.2) is 12.6 Å². The first-order valence-electron chi connectivity index (χ1n) is 4.36. The van der Waals surface area contributed by atoms with Gasteiger partial charge in [0.05, 0.1) is 6.61 Å². The summed E-state index contributed by atoms with van der Waals surface area (Å²) in [7, 11) is 0. The molecule has 0 aromatic carbocycles. The fourth-order valence-electron chi connectivity index (χ4n) is 1.44. The van der Waals surface area contributed by atoms with Crippen LogP contribution in [-0.2, 0) is 16.0 Å². The van der Waals surface area contributed by atoms with Crippen LogP contribution in [0.3, 0.4) is 0 Å². The molecule has 2 rings (SSSR count). The second-order valence-electron chi connectivity index (χ2n) is 3.01. The summed E-state index contributed by atoms with van der Waals surface area (Å²) in [5, 5.41) is -0.200. The van der Waals surface area contributed by atoms with Gasteiger partial charge in [0.1, 0.15) is 0 Å². The highest BCUT2D eigenvalue weighted by molar-refractivity contribution is 7.11. The smallest absolute Gasteiger partial charge is 0.334 e. The molecular weight excluding hydrogens is 203 g/mol. The molecular formula is C10H9FO2S. The van der Waals surface area contributed by atoms with E-state index in [1.54, 1.807) is 13.0 Å². The van der Waals surface area contributed by atoms with Crippen LogP contribution in [0.15, 0.2) is 11.6 Å². The maximum Gasteiger partial charge on any atom is 0.334 e. The van der Waals surface area contributed by atoms with E-state index in [2.05, 4.69) is 0 Å². The van der Waals surface area contributed by atoms with Crippen LogP contribution in [0.4, 0.5) is 4.39 Å². The van der Waals surface area contributed by atoms with Crippen LogP contribution >= 0.6 is 11.3 Å². The summed E-state index contributed by atoms with van der Waals surface area (Å²) in [6.07, 6.45) is 2.20. The Hall–Kier alpha value is -1.16. The molecule has 0 aliphatic heterocycles. The van der Waals surface area contributed by atoms with E-state index >= 15 is 0 Å². The highest BCUT2D eigenvalue weighted by Gasteiger charge is 2.21. The molecule has 1 aromatic heterocycles. The fraction of sp³-hybridized carbons (Fsp3) is 0.300. The zero-order valence-corrected chi connectivity index (χ0v) is 8.49. The van der Waals surface area contributed by atoms with Crippen molar-refractivity contribution in [3.63, 3.8) is 0 Å². The molecule has 0 fully saturated rings. The molecule has 0 saturated heterocycles. The highest BCUT2D eigenvalue weighted by atomic mass is 32.1. The topological polar surface area (TPSA) is 26.3 Å². The van der Waals surface area contributed by atoms with Gasteiger partial charge < -0.3 is 4.74 Å². The lowest BCUT2D eigenvalue weighted by Gasteiger charge is -2.00. The molecule has 0 radical (unpaired) electrons. The lowest BCUT2D eigenvalue weighted by molar-refractivity contribution is -0.138. The Labute approximate surface area is 85.0 Å². The largest absolute Gasteiger partial charge is 0.463 e. The molecule has 1 aliphatic carbocycles. The van der Waals surface area contributed by atoms with Crippen molar-refractivity contribution in [2.45, 2.75) is 13.3 Å². The van der Waals surface area contributed by atoms with E-state index in [0.717, 1.165) is 21.8 Å². The molecule has 1 heterocycles. The average molecular weight is 212 g/mol. The van der Waals surface area contributed by atoms with Gasteiger partial charge in [-0.2, -0.15) is 4.39 Å². The van der Waals surface area contributed by atoms with Crippen molar-refractivity contribution >= 4 is 23.4 Å². The van der Waals surface area contributed by atoms with E-state index in [1.165, 1.54) is 6.07 Å². The molecule has 4 heteroatoms. The number of halogens is 1.